The van der Waals surface area contributed by atoms with E-state index >= 15 is 0 Å². The first-order valence-electron chi connectivity index (χ1n) is 8.06. The first kappa shape index (κ1) is 15.3. The minimum absolute atomic E-state index is 0.349. The molecule has 2 aromatic heterocycles. The molecule has 1 aliphatic rings. The van der Waals surface area contributed by atoms with Gasteiger partial charge < -0.3 is 4.52 Å². The Kier molecular flexibility index (Phi) is 3.68. The van der Waals surface area contributed by atoms with Gasteiger partial charge in [0.25, 0.3) is 17.5 Å². The van der Waals surface area contributed by atoms with Crippen molar-refractivity contribution in [2.75, 3.05) is 0 Å². The highest BCUT2D eigenvalue weighted by molar-refractivity contribution is 6.07. The molecule has 2 heterocycles. The quantitative estimate of drug-likeness (QED) is 0.716. The number of nitrogens with one attached hydrogen (secondary N) is 2. The van der Waals surface area contributed by atoms with Crippen LogP contribution >= 0.6 is 0 Å². The van der Waals surface area contributed by atoms with Crippen molar-refractivity contribution >= 4 is 22.9 Å². The lowest BCUT2D eigenvalue weighted by Gasteiger charge is -2.09. The third-order valence-electron chi connectivity index (χ3n) is 4.20. The van der Waals surface area contributed by atoms with Crippen LogP contribution in [0, 0.1) is 6.92 Å². The average molecular weight is 336 g/mol. The van der Waals surface area contributed by atoms with Crippen molar-refractivity contribution in [3.05, 3.63) is 58.9 Å². The fourth-order valence-electron chi connectivity index (χ4n) is 2.72. The van der Waals surface area contributed by atoms with E-state index in [0.717, 1.165) is 18.5 Å². The highest BCUT2D eigenvalue weighted by Gasteiger charge is 2.28. The molecule has 4 rings (SSSR count). The largest absolute Gasteiger partial charge is 0.336 e. The van der Waals surface area contributed by atoms with Crippen LogP contribution in [0.3, 0.4) is 0 Å². The second-order valence-corrected chi connectivity index (χ2v) is 6.09. The Bertz CT molecular complexity index is 961. The maximum absolute atomic E-state index is 12.6. The number of nitrogens with zero attached hydrogens (tertiary/aromatic N) is 2. The number of aryl methyl sites for hydroxylation is 1. The van der Waals surface area contributed by atoms with Gasteiger partial charge in [0.05, 0.1) is 16.6 Å². The van der Waals surface area contributed by atoms with Gasteiger partial charge in [-0.05, 0) is 38.0 Å². The number of pyridine rings is 1. The summed E-state index contributed by atoms with van der Waals surface area (Å²) in [6.07, 6.45) is 2.11. The minimum Gasteiger partial charge on any atom is -0.336 e. The smallest absolute Gasteiger partial charge is 0.270 e. The number of hydrogen-bond donors (Lipinski definition) is 2. The Morgan fingerprint density at radius 1 is 1.12 bits per heavy atom. The minimum atomic E-state index is -0.426. The second-order valence-electron chi connectivity index (χ2n) is 6.09. The molecule has 0 radical (unpaired) electrons. The number of fused-ring (bicyclic) bond motifs is 1. The number of aromatic nitrogens is 2. The Labute approximate surface area is 143 Å². The van der Waals surface area contributed by atoms with Gasteiger partial charge in [0.15, 0.2) is 0 Å². The Morgan fingerprint density at radius 3 is 2.56 bits per heavy atom. The lowest BCUT2D eigenvalue weighted by Crippen LogP contribution is -2.41. The van der Waals surface area contributed by atoms with E-state index in [4.69, 9.17) is 4.52 Å². The van der Waals surface area contributed by atoms with Crippen molar-refractivity contribution in [3.8, 4) is 0 Å². The predicted octanol–water partition coefficient (Wildman–Crippen LogP) is 2.48. The zero-order valence-corrected chi connectivity index (χ0v) is 13.6. The van der Waals surface area contributed by atoms with Gasteiger partial charge in [0.1, 0.15) is 0 Å². The summed E-state index contributed by atoms with van der Waals surface area (Å²) < 4.78 is 5.22. The fraction of sp³-hybridized carbons (Fsp3) is 0.222. The molecule has 2 amide bonds. The van der Waals surface area contributed by atoms with E-state index in [2.05, 4.69) is 21.0 Å². The van der Waals surface area contributed by atoms with Gasteiger partial charge in [0, 0.05) is 17.2 Å². The van der Waals surface area contributed by atoms with Crippen molar-refractivity contribution in [1.82, 2.24) is 21.0 Å². The van der Waals surface area contributed by atoms with Gasteiger partial charge in [-0.1, -0.05) is 23.4 Å². The van der Waals surface area contributed by atoms with Crippen molar-refractivity contribution in [1.29, 1.82) is 0 Å². The molecule has 25 heavy (non-hydrogen) atoms. The molecule has 1 aliphatic carbocycles. The number of amides is 2. The zero-order chi connectivity index (χ0) is 17.4. The monoisotopic (exact) mass is 336 g/mol. The van der Waals surface area contributed by atoms with Crippen LogP contribution in [0.25, 0.3) is 11.1 Å². The predicted molar refractivity (Wildman–Crippen MR) is 89.9 cm³/mol. The summed E-state index contributed by atoms with van der Waals surface area (Å²) in [4.78, 5) is 29.1. The molecule has 1 aromatic carbocycles. The molecule has 0 bridgehead atoms. The Balaban J connectivity index is 1.59. The summed E-state index contributed by atoms with van der Waals surface area (Å²) in [6.45, 7) is 1.75. The SMILES string of the molecule is Cc1noc2nc(C3CC3)cc(C(=O)NNC(=O)c3ccccc3)c12. The molecule has 3 aromatic rings. The number of benzene rings is 1. The van der Waals surface area contributed by atoms with E-state index in [9.17, 15) is 9.59 Å². The molecular weight excluding hydrogens is 320 g/mol. The maximum Gasteiger partial charge on any atom is 0.270 e. The van der Waals surface area contributed by atoms with Gasteiger partial charge in [-0.25, -0.2) is 4.98 Å². The molecule has 0 aliphatic heterocycles. The third kappa shape index (κ3) is 2.96. The summed E-state index contributed by atoms with van der Waals surface area (Å²) in [7, 11) is 0. The molecule has 0 atom stereocenters. The number of carbonyl (C=O) groups is 2. The van der Waals surface area contributed by atoms with Crippen LogP contribution < -0.4 is 10.9 Å². The van der Waals surface area contributed by atoms with E-state index in [-0.39, 0.29) is 5.91 Å². The van der Waals surface area contributed by atoms with Gasteiger partial charge in [-0.2, -0.15) is 0 Å². The van der Waals surface area contributed by atoms with E-state index in [1.165, 1.54) is 0 Å². The lowest BCUT2D eigenvalue weighted by atomic mass is 10.1. The first-order valence-corrected chi connectivity index (χ1v) is 8.06. The lowest BCUT2D eigenvalue weighted by molar-refractivity contribution is 0.0847. The molecular formula is C18H16N4O3. The number of rotatable bonds is 3. The van der Waals surface area contributed by atoms with Crippen LogP contribution in [-0.2, 0) is 0 Å². The van der Waals surface area contributed by atoms with Crippen LogP contribution in [0.5, 0.6) is 0 Å². The number of hydrazine groups is 1. The number of carbonyl (C=O) groups excluding carboxylic acids is 2. The molecule has 0 unspecified atom stereocenters. The average Bonchev–Trinajstić information content (AvgIpc) is 3.43. The van der Waals surface area contributed by atoms with Crippen molar-refractivity contribution < 1.29 is 14.1 Å². The van der Waals surface area contributed by atoms with Crippen LogP contribution in [0.4, 0.5) is 0 Å². The van der Waals surface area contributed by atoms with Crippen LogP contribution in [-0.4, -0.2) is 22.0 Å². The van der Waals surface area contributed by atoms with Gasteiger partial charge >= 0.3 is 0 Å². The zero-order valence-electron chi connectivity index (χ0n) is 13.6. The summed E-state index contributed by atoms with van der Waals surface area (Å²) in [5.74, 6) is -0.450. The van der Waals surface area contributed by atoms with E-state index in [0.29, 0.717) is 33.8 Å². The number of hydrogen-bond acceptors (Lipinski definition) is 5. The molecule has 126 valence electrons. The molecule has 7 nitrogen and oxygen atoms in total. The highest BCUT2D eigenvalue weighted by Crippen LogP contribution is 2.40. The molecule has 0 spiro atoms. The molecule has 1 saturated carbocycles. The standard InChI is InChI=1S/C18H16N4O3/c1-10-15-13(9-14(11-7-8-11)19-18(15)25-22-10)17(24)21-20-16(23)12-5-3-2-4-6-12/h2-6,9,11H,7-8H2,1H3,(H,20,23)(H,21,24). The van der Waals surface area contributed by atoms with Crippen LogP contribution in [0.15, 0.2) is 40.9 Å². The molecule has 1 fully saturated rings. The van der Waals surface area contributed by atoms with Crippen LogP contribution in [0.1, 0.15) is 50.9 Å². The van der Waals surface area contributed by atoms with Crippen molar-refractivity contribution in [2.24, 2.45) is 0 Å². The molecule has 0 saturated heterocycles. The fourth-order valence-corrected chi connectivity index (χ4v) is 2.72. The summed E-state index contributed by atoms with van der Waals surface area (Å²) in [6, 6.07) is 10.4. The first-order chi connectivity index (χ1) is 12.1. The Hall–Kier alpha value is -3.22. The van der Waals surface area contributed by atoms with Gasteiger partial charge in [0.2, 0.25) is 0 Å². The molecule has 2 N–H and O–H groups in total. The summed E-state index contributed by atoms with van der Waals surface area (Å²) in [5, 5.41) is 4.46. The van der Waals surface area contributed by atoms with Crippen molar-refractivity contribution in [3.63, 3.8) is 0 Å². The highest BCUT2D eigenvalue weighted by atomic mass is 16.5. The van der Waals surface area contributed by atoms with E-state index in [1.54, 1.807) is 37.3 Å². The van der Waals surface area contributed by atoms with E-state index in [1.807, 2.05) is 6.07 Å². The summed E-state index contributed by atoms with van der Waals surface area (Å²) in [5.41, 5.74) is 7.51. The van der Waals surface area contributed by atoms with Crippen LogP contribution in [0.2, 0.25) is 0 Å². The summed E-state index contributed by atoms with van der Waals surface area (Å²) >= 11 is 0. The topological polar surface area (TPSA) is 97.1 Å². The second kappa shape index (κ2) is 6.01. The maximum atomic E-state index is 12.6. The normalized spacial score (nSPS) is 13.6. The molecule has 7 heteroatoms. The van der Waals surface area contributed by atoms with Gasteiger partial charge in [-0.15, -0.1) is 0 Å². The third-order valence-corrected chi connectivity index (χ3v) is 4.20. The Morgan fingerprint density at radius 2 is 1.84 bits per heavy atom. The van der Waals surface area contributed by atoms with Gasteiger partial charge in [-0.3, -0.25) is 20.4 Å². The van der Waals surface area contributed by atoms with Crippen molar-refractivity contribution in [2.45, 2.75) is 25.7 Å². The van der Waals surface area contributed by atoms with E-state index < -0.39 is 5.91 Å².